The molecule has 2 fully saturated rings. The van der Waals surface area contributed by atoms with Gasteiger partial charge in [0, 0.05) is 31.5 Å². The van der Waals surface area contributed by atoms with Crippen LogP contribution in [0.25, 0.3) is 11.1 Å². The maximum Gasteiger partial charge on any atom is 0.407 e. The molecule has 2 amide bonds. The number of likely N-dealkylation sites (tertiary alicyclic amines) is 1. The molecule has 2 aromatic carbocycles. The summed E-state index contributed by atoms with van der Waals surface area (Å²) in [6.07, 6.45) is 1.87. The Balaban J connectivity index is 1.10. The zero-order valence-electron chi connectivity index (χ0n) is 19.3. The number of fused-ring (bicyclic) bond motifs is 3. The van der Waals surface area contributed by atoms with Gasteiger partial charge in [-0.3, -0.25) is 9.59 Å². The second-order valence-corrected chi connectivity index (χ2v) is 9.91. The van der Waals surface area contributed by atoms with Gasteiger partial charge in [-0.05, 0) is 53.9 Å². The minimum Gasteiger partial charge on any atom is -0.481 e. The predicted molar refractivity (Wildman–Crippen MR) is 126 cm³/mol. The van der Waals surface area contributed by atoms with E-state index in [1.165, 1.54) is 11.1 Å². The largest absolute Gasteiger partial charge is 0.481 e. The number of nitrogens with zero attached hydrogens (tertiary/aromatic N) is 1. The summed E-state index contributed by atoms with van der Waals surface area (Å²) in [5, 5.41) is 12.0. The molecule has 7 nitrogen and oxygen atoms in total. The number of benzene rings is 2. The minimum absolute atomic E-state index is 0.00666. The monoisotopic (exact) mass is 462 g/mol. The molecule has 1 spiro atoms. The van der Waals surface area contributed by atoms with Crippen LogP contribution in [0.5, 0.6) is 0 Å². The van der Waals surface area contributed by atoms with Crippen LogP contribution in [-0.4, -0.2) is 53.7 Å². The van der Waals surface area contributed by atoms with Crippen molar-refractivity contribution < 1.29 is 24.2 Å². The Morgan fingerprint density at radius 2 is 1.65 bits per heavy atom. The van der Waals surface area contributed by atoms with Gasteiger partial charge in [0.15, 0.2) is 0 Å². The summed E-state index contributed by atoms with van der Waals surface area (Å²) < 4.78 is 5.58. The molecule has 0 bridgehead atoms. The number of amides is 2. The van der Waals surface area contributed by atoms with E-state index in [2.05, 4.69) is 29.6 Å². The molecule has 0 radical (unpaired) electrons. The van der Waals surface area contributed by atoms with Gasteiger partial charge >= 0.3 is 12.1 Å². The van der Waals surface area contributed by atoms with Crippen molar-refractivity contribution in [3.63, 3.8) is 0 Å². The van der Waals surface area contributed by atoms with Gasteiger partial charge in [-0.1, -0.05) is 48.5 Å². The quantitative estimate of drug-likeness (QED) is 0.676. The summed E-state index contributed by atoms with van der Waals surface area (Å²) in [5.41, 5.74) is 4.56. The number of piperidine rings is 1. The van der Waals surface area contributed by atoms with Crippen LogP contribution >= 0.6 is 0 Å². The first-order valence-corrected chi connectivity index (χ1v) is 12.0. The van der Waals surface area contributed by atoms with E-state index in [1.54, 1.807) is 11.8 Å². The molecule has 5 rings (SSSR count). The zero-order chi connectivity index (χ0) is 23.9. The van der Waals surface area contributed by atoms with Crippen LogP contribution in [0.1, 0.15) is 49.7 Å². The molecule has 1 saturated heterocycles. The number of rotatable bonds is 6. The SMILES string of the molecule is C[C@@H](CC(=O)N1CCC2(CC1)CC2C(=O)O)NC(=O)OCC1c2ccccc2-c2ccccc21. The van der Waals surface area contributed by atoms with E-state index in [4.69, 9.17) is 4.74 Å². The number of carboxylic acid groups (broad SMARTS) is 1. The first-order valence-electron chi connectivity index (χ1n) is 12.0. The van der Waals surface area contributed by atoms with Crippen LogP contribution in [-0.2, 0) is 14.3 Å². The van der Waals surface area contributed by atoms with Gasteiger partial charge in [-0.15, -0.1) is 0 Å². The van der Waals surface area contributed by atoms with E-state index in [1.807, 2.05) is 24.3 Å². The number of alkyl carbamates (subject to hydrolysis) is 1. The van der Waals surface area contributed by atoms with Gasteiger partial charge in [0.05, 0.1) is 5.92 Å². The van der Waals surface area contributed by atoms with E-state index < -0.39 is 12.1 Å². The average molecular weight is 463 g/mol. The van der Waals surface area contributed by atoms with E-state index in [0.29, 0.717) is 13.1 Å². The highest BCUT2D eigenvalue weighted by Crippen LogP contribution is 2.59. The molecule has 1 heterocycles. The lowest BCUT2D eigenvalue weighted by molar-refractivity contribution is -0.139. The van der Waals surface area contributed by atoms with Crippen LogP contribution in [0, 0.1) is 11.3 Å². The maximum atomic E-state index is 12.7. The van der Waals surface area contributed by atoms with Gasteiger partial charge in [-0.2, -0.15) is 0 Å². The third-order valence-corrected chi connectivity index (χ3v) is 7.79. The second-order valence-electron chi connectivity index (χ2n) is 9.91. The number of aliphatic carboxylic acids is 1. The minimum atomic E-state index is -0.722. The highest BCUT2D eigenvalue weighted by Gasteiger charge is 2.59. The van der Waals surface area contributed by atoms with E-state index >= 15 is 0 Å². The Morgan fingerprint density at radius 1 is 1.06 bits per heavy atom. The molecule has 2 N–H and O–H groups in total. The van der Waals surface area contributed by atoms with E-state index in [0.717, 1.165) is 30.4 Å². The fraction of sp³-hybridized carbons (Fsp3) is 0.444. The smallest absolute Gasteiger partial charge is 0.407 e. The van der Waals surface area contributed by atoms with Crippen LogP contribution in [0.15, 0.2) is 48.5 Å². The normalized spacial score (nSPS) is 20.9. The summed E-state index contributed by atoms with van der Waals surface area (Å²) >= 11 is 0. The Bertz CT molecular complexity index is 1080. The van der Waals surface area contributed by atoms with Crippen molar-refractivity contribution >= 4 is 18.0 Å². The molecule has 2 aromatic rings. The van der Waals surface area contributed by atoms with Crippen molar-refractivity contribution in [1.82, 2.24) is 10.2 Å². The summed E-state index contributed by atoms with van der Waals surface area (Å²) in [7, 11) is 0. The van der Waals surface area contributed by atoms with E-state index in [-0.39, 0.29) is 42.2 Å². The summed E-state index contributed by atoms with van der Waals surface area (Å²) in [6, 6.07) is 16.0. The number of hydrogen-bond acceptors (Lipinski definition) is 4. The van der Waals surface area contributed by atoms with Gasteiger partial charge in [-0.25, -0.2) is 4.79 Å². The van der Waals surface area contributed by atoms with Gasteiger partial charge in [0.2, 0.25) is 5.91 Å². The molecular formula is C27H30N2O5. The molecule has 1 aliphatic heterocycles. The topological polar surface area (TPSA) is 95.9 Å². The molecule has 0 aromatic heterocycles. The Labute approximate surface area is 199 Å². The fourth-order valence-corrected chi connectivity index (χ4v) is 5.73. The van der Waals surface area contributed by atoms with Crippen molar-refractivity contribution in [2.24, 2.45) is 11.3 Å². The number of ether oxygens (including phenoxy) is 1. The Kier molecular flexibility index (Phi) is 5.80. The van der Waals surface area contributed by atoms with Gasteiger partial charge in [0.25, 0.3) is 0 Å². The average Bonchev–Trinajstić information content (AvgIpc) is 3.43. The molecule has 2 aliphatic carbocycles. The summed E-state index contributed by atoms with van der Waals surface area (Å²) in [5.74, 6) is -0.999. The van der Waals surface area contributed by atoms with E-state index in [9.17, 15) is 19.5 Å². The number of nitrogens with one attached hydrogen (secondary N) is 1. The third kappa shape index (κ3) is 4.15. The second kappa shape index (κ2) is 8.78. The first kappa shape index (κ1) is 22.4. The zero-order valence-corrected chi connectivity index (χ0v) is 19.3. The molecule has 1 saturated carbocycles. The number of hydrogen-bond donors (Lipinski definition) is 2. The van der Waals surface area contributed by atoms with Crippen molar-refractivity contribution in [1.29, 1.82) is 0 Å². The summed E-state index contributed by atoms with van der Waals surface area (Å²) in [6.45, 7) is 3.20. The number of carbonyl (C=O) groups excluding carboxylic acids is 2. The molecule has 2 atom stereocenters. The van der Waals surface area contributed by atoms with Crippen LogP contribution < -0.4 is 5.32 Å². The van der Waals surface area contributed by atoms with Gasteiger partial charge < -0.3 is 20.1 Å². The van der Waals surface area contributed by atoms with Crippen molar-refractivity contribution in [2.75, 3.05) is 19.7 Å². The van der Waals surface area contributed by atoms with Crippen molar-refractivity contribution in [3.05, 3.63) is 59.7 Å². The molecule has 34 heavy (non-hydrogen) atoms. The first-order chi connectivity index (χ1) is 16.4. The summed E-state index contributed by atoms with van der Waals surface area (Å²) in [4.78, 5) is 38.2. The van der Waals surface area contributed by atoms with Crippen LogP contribution in [0.4, 0.5) is 4.79 Å². The number of carboxylic acids is 1. The molecular weight excluding hydrogens is 432 g/mol. The molecule has 1 unspecified atom stereocenters. The lowest BCUT2D eigenvalue weighted by Gasteiger charge is -2.33. The number of carbonyl (C=O) groups is 3. The molecule has 178 valence electrons. The third-order valence-electron chi connectivity index (χ3n) is 7.79. The molecule has 3 aliphatic rings. The standard InChI is InChI=1S/C27H30N2O5/c1-17(14-24(30)29-12-10-27(11-13-29)15-23(27)25(31)32)28-26(33)34-16-22-20-8-4-2-6-18(20)19-7-3-5-9-21(19)22/h2-9,17,22-23H,10-16H2,1H3,(H,28,33)(H,31,32)/t17-,23?/m0/s1. The van der Waals surface area contributed by atoms with Crippen molar-refractivity contribution in [2.45, 2.75) is 44.6 Å². The highest BCUT2D eigenvalue weighted by atomic mass is 16.5. The highest BCUT2D eigenvalue weighted by molar-refractivity contribution is 5.80. The Hall–Kier alpha value is -3.35. The predicted octanol–water partition coefficient (Wildman–Crippen LogP) is 4.02. The maximum absolute atomic E-state index is 12.7. The Morgan fingerprint density at radius 3 is 2.21 bits per heavy atom. The van der Waals surface area contributed by atoms with Crippen LogP contribution in [0.3, 0.4) is 0 Å². The van der Waals surface area contributed by atoms with Gasteiger partial charge in [0.1, 0.15) is 6.61 Å². The lowest BCUT2D eigenvalue weighted by Crippen LogP contribution is -2.43. The van der Waals surface area contributed by atoms with Crippen molar-refractivity contribution in [3.8, 4) is 11.1 Å². The van der Waals surface area contributed by atoms with Crippen LogP contribution in [0.2, 0.25) is 0 Å². The lowest BCUT2D eigenvalue weighted by atomic mass is 9.90. The fourth-order valence-electron chi connectivity index (χ4n) is 5.73. The molecule has 7 heteroatoms.